The van der Waals surface area contributed by atoms with Crippen LogP contribution in [-0.2, 0) is 6.42 Å². The first-order valence-electron chi connectivity index (χ1n) is 5.36. The third kappa shape index (κ3) is 3.31. The number of rotatable bonds is 4. The Morgan fingerprint density at radius 3 is 2.78 bits per heavy atom. The molecule has 0 spiro atoms. The zero-order valence-corrected chi connectivity index (χ0v) is 11.8. The van der Waals surface area contributed by atoms with Crippen LogP contribution in [0.25, 0.3) is 0 Å². The van der Waals surface area contributed by atoms with Gasteiger partial charge in [0.1, 0.15) is 6.07 Å². The van der Waals surface area contributed by atoms with Gasteiger partial charge in [-0.3, -0.25) is 10.8 Å². The average Bonchev–Trinajstić information content (AvgIpc) is 2.31. The maximum absolute atomic E-state index is 8.77. The van der Waals surface area contributed by atoms with Gasteiger partial charge in [0.2, 0.25) is 5.71 Å². The summed E-state index contributed by atoms with van der Waals surface area (Å²) in [5, 5.41) is 19.8. The molecule has 4 N–H and O–H groups in total. The fraction of sp³-hybridized carbons (Fsp3) is 0.250. The zero-order chi connectivity index (χ0) is 13.7. The molecule has 18 heavy (non-hydrogen) atoms. The lowest BCUT2D eigenvalue weighted by molar-refractivity contribution is 1.11. The minimum absolute atomic E-state index is 0.126. The van der Waals surface area contributed by atoms with Crippen LogP contribution < -0.4 is 11.2 Å². The molecule has 0 heterocycles. The smallest absolute Gasteiger partial charge is 0.201 e. The second-order valence-electron chi connectivity index (χ2n) is 3.71. The summed E-state index contributed by atoms with van der Waals surface area (Å²) in [6, 6.07) is 5.71. The van der Waals surface area contributed by atoms with Crippen LogP contribution in [0.15, 0.2) is 21.7 Å². The summed E-state index contributed by atoms with van der Waals surface area (Å²) in [6.07, 6.45) is 0.833. The minimum atomic E-state index is -0.349. The van der Waals surface area contributed by atoms with Crippen molar-refractivity contribution in [2.45, 2.75) is 20.3 Å². The maximum atomic E-state index is 8.77. The Labute approximate surface area is 114 Å². The van der Waals surface area contributed by atoms with Crippen LogP contribution in [-0.4, -0.2) is 11.5 Å². The molecule has 0 saturated heterocycles. The summed E-state index contributed by atoms with van der Waals surface area (Å²) in [7, 11) is 0. The zero-order valence-electron chi connectivity index (χ0n) is 10.2. The molecule has 0 bridgehead atoms. The molecule has 0 atom stereocenters. The van der Waals surface area contributed by atoms with Crippen LogP contribution in [0.2, 0.25) is 0 Å². The first-order chi connectivity index (χ1) is 8.49. The lowest BCUT2D eigenvalue weighted by Gasteiger charge is -2.11. The molecule has 0 saturated carbocycles. The molecule has 0 aliphatic rings. The Kier molecular flexibility index (Phi) is 4.86. The van der Waals surface area contributed by atoms with Crippen molar-refractivity contribution in [1.82, 2.24) is 0 Å². The van der Waals surface area contributed by atoms with E-state index in [-0.39, 0.29) is 11.5 Å². The predicted molar refractivity (Wildman–Crippen MR) is 76.8 cm³/mol. The number of aryl methyl sites for hydroxylation is 2. The van der Waals surface area contributed by atoms with Crippen molar-refractivity contribution in [3.63, 3.8) is 0 Å². The summed E-state index contributed by atoms with van der Waals surface area (Å²) < 4.78 is 0.999. The molecule has 0 radical (unpaired) electrons. The molecule has 0 aliphatic heterocycles. The fourth-order valence-electron chi connectivity index (χ4n) is 1.51. The Morgan fingerprint density at radius 2 is 2.28 bits per heavy atom. The first kappa shape index (κ1) is 14.2. The summed E-state index contributed by atoms with van der Waals surface area (Å²) in [5.74, 6) is -0.349. The van der Waals surface area contributed by atoms with Gasteiger partial charge in [0.15, 0.2) is 5.84 Å². The molecular formula is C12H14BrN5. The summed E-state index contributed by atoms with van der Waals surface area (Å²) >= 11 is 3.43. The topological polar surface area (TPSA) is 98.0 Å². The van der Waals surface area contributed by atoms with E-state index < -0.39 is 0 Å². The van der Waals surface area contributed by atoms with Gasteiger partial charge in [-0.2, -0.15) is 10.4 Å². The number of benzene rings is 1. The molecule has 5 nitrogen and oxygen atoms in total. The van der Waals surface area contributed by atoms with Crippen LogP contribution in [0.4, 0.5) is 5.69 Å². The highest BCUT2D eigenvalue weighted by molar-refractivity contribution is 9.10. The number of amidine groups is 1. The summed E-state index contributed by atoms with van der Waals surface area (Å²) in [6.45, 7) is 3.98. The lowest BCUT2D eigenvalue weighted by atomic mass is 10.1. The molecule has 6 heteroatoms. The van der Waals surface area contributed by atoms with Gasteiger partial charge < -0.3 is 5.73 Å². The van der Waals surface area contributed by atoms with E-state index in [0.717, 1.165) is 27.7 Å². The molecule has 1 aromatic rings. The van der Waals surface area contributed by atoms with E-state index >= 15 is 0 Å². The SMILES string of the molecule is CCc1cc(Br)cc(C)c1N/N=C(\C#N)C(=N)N. The van der Waals surface area contributed by atoms with Gasteiger partial charge in [0, 0.05) is 4.47 Å². The average molecular weight is 308 g/mol. The Balaban J connectivity index is 3.12. The normalized spacial score (nSPS) is 10.9. The number of anilines is 1. The van der Waals surface area contributed by atoms with E-state index in [1.54, 1.807) is 6.07 Å². The molecule has 1 rings (SSSR count). The van der Waals surface area contributed by atoms with Gasteiger partial charge in [-0.25, -0.2) is 0 Å². The minimum Gasteiger partial charge on any atom is -0.382 e. The van der Waals surface area contributed by atoms with E-state index in [2.05, 4.69) is 26.5 Å². The first-order valence-corrected chi connectivity index (χ1v) is 6.16. The monoisotopic (exact) mass is 307 g/mol. The maximum Gasteiger partial charge on any atom is 0.201 e. The third-order valence-corrected chi connectivity index (χ3v) is 2.86. The number of hydrogen-bond acceptors (Lipinski definition) is 4. The molecule has 1 aromatic carbocycles. The number of hydrazone groups is 1. The van der Waals surface area contributed by atoms with Crippen molar-refractivity contribution in [2.75, 3.05) is 5.43 Å². The Bertz CT molecular complexity index is 542. The van der Waals surface area contributed by atoms with Crippen molar-refractivity contribution in [2.24, 2.45) is 10.8 Å². The van der Waals surface area contributed by atoms with Crippen molar-refractivity contribution < 1.29 is 0 Å². The van der Waals surface area contributed by atoms with Crippen molar-refractivity contribution >= 4 is 33.2 Å². The van der Waals surface area contributed by atoms with E-state index in [4.69, 9.17) is 16.4 Å². The van der Waals surface area contributed by atoms with Crippen LogP contribution in [0.3, 0.4) is 0 Å². The van der Waals surface area contributed by atoms with Crippen LogP contribution in [0.5, 0.6) is 0 Å². The second kappa shape index (κ2) is 6.17. The van der Waals surface area contributed by atoms with Gasteiger partial charge in [0.05, 0.1) is 5.69 Å². The third-order valence-electron chi connectivity index (χ3n) is 2.40. The number of nitrogens with two attached hydrogens (primary N) is 1. The van der Waals surface area contributed by atoms with E-state index in [0.29, 0.717) is 0 Å². The molecule has 0 fully saturated rings. The lowest BCUT2D eigenvalue weighted by Crippen LogP contribution is -2.22. The van der Waals surface area contributed by atoms with E-state index in [1.165, 1.54) is 0 Å². The molecule has 0 amide bonds. The number of nitriles is 1. The highest BCUT2D eigenvalue weighted by Crippen LogP contribution is 2.26. The number of nitrogens with zero attached hydrogens (tertiary/aromatic N) is 2. The molecular weight excluding hydrogens is 294 g/mol. The molecule has 0 aromatic heterocycles. The number of nitrogens with one attached hydrogen (secondary N) is 2. The van der Waals surface area contributed by atoms with E-state index in [9.17, 15) is 0 Å². The molecule has 0 unspecified atom stereocenters. The highest BCUT2D eigenvalue weighted by Gasteiger charge is 2.07. The molecule has 94 valence electrons. The van der Waals surface area contributed by atoms with Gasteiger partial charge >= 0.3 is 0 Å². The largest absolute Gasteiger partial charge is 0.382 e. The standard InChI is InChI=1S/C12H14BrN5/c1-3-8-5-9(13)4-7(2)11(8)18-17-10(6-14)12(15)16/h4-5,18H,3H2,1-2H3,(H3,15,16)/b17-10+. The van der Waals surface area contributed by atoms with Crippen molar-refractivity contribution in [3.05, 3.63) is 27.7 Å². The van der Waals surface area contributed by atoms with Gasteiger partial charge in [-0.1, -0.05) is 22.9 Å². The second-order valence-corrected chi connectivity index (χ2v) is 4.62. The fourth-order valence-corrected chi connectivity index (χ4v) is 2.13. The van der Waals surface area contributed by atoms with Gasteiger partial charge in [-0.05, 0) is 36.6 Å². The number of hydrogen-bond donors (Lipinski definition) is 3. The Hall–Kier alpha value is -1.87. The van der Waals surface area contributed by atoms with Crippen LogP contribution in [0, 0.1) is 23.7 Å². The Morgan fingerprint density at radius 1 is 1.61 bits per heavy atom. The van der Waals surface area contributed by atoms with Crippen molar-refractivity contribution in [1.29, 1.82) is 10.7 Å². The predicted octanol–water partition coefficient (Wildman–Crippen LogP) is 2.55. The quantitative estimate of drug-likeness (QED) is 0.453. The summed E-state index contributed by atoms with van der Waals surface area (Å²) in [5.41, 5.74) is 10.8. The summed E-state index contributed by atoms with van der Waals surface area (Å²) in [4.78, 5) is 0. The van der Waals surface area contributed by atoms with Gasteiger partial charge in [-0.15, -0.1) is 0 Å². The van der Waals surface area contributed by atoms with Crippen molar-refractivity contribution in [3.8, 4) is 6.07 Å². The van der Waals surface area contributed by atoms with E-state index in [1.807, 2.05) is 26.0 Å². The van der Waals surface area contributed by atoms with Crippen LogP contribution in [0.1, 0.15) is 18.1 Å². The molecule has 0 aliphatic carbocycles. The van der Waals surface area contributed by atoms with Gasteiger partial charge in [0.25, 0.3) is 0 Å². The number of halogens is 1. The highest BCUT2D eigenvalue weighted by atomic mass is 79.9. The van der Waals surface area contributed by atoms with Crippen LogP contribution >= 0.6 is 15.9 Å².